The van der Waals surface area contributed by atoms with Gasteiger partial charge in [-0.3, -0.25) is 14.4 Å². The van der Waals surface area contributed by atoms with Crippen LogP contribution in [0.5, 0.6) is 0 Å². The molecule has 1 heterocycles. The van der Waals surface area contributed by atoms with E-state index in [1.807, 2.05) is 0 Å². The van der Waals surface area contributed by atoms with Gasteiger partial charge in [0.2, 0.25) is 11.8 Å². The Kier molecular flexibility index (Phi) is 8.46. The number of sulfonamides is 1. The summed E-state index contributed by atoms with van der Waals surface area (Å²) < 4.78 is 26.7. The summed E-state index contributed by atoms with van der Waals surface area (Å²) in [5.41, 5.74) is 0.638. The predicted octanol–water partition coefficient (Wildman–Crippen LogP) is 4.39. The SMILES string of the molecule is CC[C@H](C(=O)NC1CCCCC1)N(Cc1ccc(Cl)c(Cl)c1)C(=O)CN1C(=O)c2ccccc2S1(=O)=O. The van der Waals surface area contributed by atoms with Gasteiger partial charge in [0.25, 0.3) is 15.9 Å². The van der Waals surface area contributed by atoms with Gasteiger partial charge in [0.15, 0.2) is 0 Å². The molecule has 1 aliphatic heterocycles. The van der Waals surface area contributed by atoms with E-state index in [9.17, 15) is 22.8 Å². The summed E-state index contributed by atoms with van der Waals surface area (Å²) in [4.78, 5) is 41.1. The van der Waals surface area contributed by atoms with Crippen LogP contribution >= 0.6 is 23.2 Å². The Balaban J connectivity index is 1.62. The van der Waals surface area contributed by atoms with E-state index >= 15 is 0 Å². The summed E-state index contributed by atoms with van der Waals surface area (Å²) in [7, 11) is -4.19. The zero-order valence-corrected chi connectivity index (χ0v) is 22.8. The van der Waals surface area contributed by atoms with Gasteiger partial charge in [-0.25, -0.2) is 12.7 Å². The summed E-state index contributed by atoms with van der Waals surface area (Å²) >= 11 is 12.2. The lowest BCUT2D eigenvalue weighted by Crippen LogP contribution is -2.53. The Morgan fingerprint density at radius 2 is 1.78 bits per heavy atom. The Morgan fingerprint density at radius 1 is 1.08 bits per heavy atom. The maximum atomic E-state index is 13.7. The molecule has 198 valence electrons. The average Bonchev–Trinajstić information content (AvgIpc) is 3.07. The number of nitrogens with one attached hydrogen (secondary N) is 1. The van der Waals surface area contributed by atoms with Crippen molar-refractivity contribution in [2.75, 3.05) is 6.54 Å². The lowest BCUT2D eigenvalue weighted by Gasteiger charge is -2.33. The maximum Gasteiger partial charge on any atom is 0.269 e. The van der Waals surface area contributed by atoms with Crippen molar-refractivity contribution in [3.63, 3.8) is 0 Å². The molecule has 4 rings (SSSR count). The van der Waals surface area contributed by atoms with Gasteiger partial charge in [-0.05, 0) is 49.1 Å². The van der Waals surface area contributed by atoms with Crippen LogP contribution in [0.15, 0.2) is 47.4 Å². The normalized spacial score (nSPS) is 17.8. The van der Waals surface area contributed by atoms with Gasteiger partial charge in [0.1, 0.15) is 17.5 Å². The van der Waals surface area contributed by atoms with Crippen LogP contribution in [0.1, 0.15) is 61.4 Å². The lowest BCUT2D eigenvalue weighted by atomic mass is 9.95. The maximum absolute atomic E-state index is 13.7. The molecule has 0 spiro atoms. The number of benzene rings is 2. The zero-order chi connectivity index (χ0) is 26.7. The van der Waals surface area contributed by atoms with E-state index in [0.29, 0.717) is 26.3 Å². The van der Waals surface area contributed by atoms with Crippen LogP contribution in [0.25, 0.3) is 0 Å². The first-order valence-corrected chi connectivity index (χ1v) is 14.5. The monoisotopic (exact) mass is 565 g/mol. The molecule has 0 unspecified atom stereocenters. The highest BCUT2D eigenvalue weighted by Gasteiger charge is 2.43. The summed E-state index contributed by atoms with van der Waals surface area (Å²) in [5.74, 6) is -1.73. The number of nitrogens with zero attached hydrogens (tertiary/aromatic N) is 2. The zero-order valence-electron chi connectivity index (χ0n) is 20.5. The number of rotatable bonds is 8. The van der Waals surface area contributed by atoms with Crippen LogP contribution in [0, 0.1) is 0 Å². The number of carbonyl (C=O) groups is 3. The van der Waals surface area contributed by atoms with Crippen molar-refractivity contribution in [2.45, 2.75) is 69.0 Å². The number of hydrogen-bond acceptors (Lipinski definition) is 5. The van der Waals surface area contributed by atoms with Crippen molar-refractivity contribution >= 4 is 50.9 Å². The second kappa shape index (κ2) is 11.4. The van der Waals surface area contributed by atoms with Crippen LogP contribution in [0.2, 0.25) is 10.0 Å². The molecule has 37 heavy (non-hydrogen) atoms. The molecule has 3 amide bonds. The molecule has 2 aromatic rings. The molecule has 1 N–H and O–H groups in total. The van der Waals surface area contributed by atoms with E-state index in [1.165, 1.54) is 23.1 Å². The Morgan fingerprint density at radius 3 is 2.43 bits per heavy atom. The van der Waals surface area contributed by atoms with Crippen LogP contribution in [0.4, 0.5) is 0 Å². The van der Waals surface area contributed by atoms with E-state index in [1.54, 1.807) is 31.2 Å². The molecule has 0 bridgehead atoms. The third-order valence-corrected chi connectivity index (χ3v) is 9.39. The highest BCUT2D eigenvalue weighted by molar-refractivity contribution is 7.90. The van der Waals surface area contributed by atoms with Crippen molar-refractivity contribution in [1.82, 2.24) is 14.5 Å². The fourth-order valence-corrected chi connectivity index (χ4v) is 6.74. The van der Waals surface area contributed by atoms with Gasteiger partial charge >= 0.3 is 0 Å². The molecule has 1 aliphatic carbocycles. The van der Waals surface area contributed by atoms with Gasteiger partial charge in [-0.2, -0.15) is 0 Å². The minimum absolute atomic E-state index is 0.0126. The summed E-state index contributed by atoms with van der Waals surface area (Å²) in [5, 5.41) is 3.70. The molecule has 2 aliphatic rings. The smallest absolute Gasteiger partial charge is 0.269 e. The fraction of sp³-hybridized carbons (Fsp3) is 0.423. The highest BCUT2D eigenvalue weighted by atomic mass is 35.5. The lowest BCUT2D eigenvalue weighted by molar-refractivity contribution is -0.141. The molecular weight excluding hydrogens is 537 g/mol. The molecule has 0 radical (unpaired) electrons. The van der Waals surface area contributed by atoms with Gasteiger partial charge in [0.05, 0.1) is 15.6 Å². The van der Waals surface area contributed by atoms with Crippen LogP contribution in [0.3, 0.4) is 0 Å². The minimum atomic E-state index is -4.19. The Bertz CT molecular complexity index is 1310. The van der Waals surface area contributed by atoms with E-state index in [0.717, 1.165) is 32.1 Å². The topological polar surface area (TPSA) is 104 Å². The van der Waals surface area contributed by atoms with E-state index in [2.05, 4.69) is 5.32 Å². The second-order valence-electron chi connectivity index (χ2n) is 9.35. The molecule has 0 saturated heterocycles. The first kappa shape index (κ1) is 27.4. The van der Waals surface area contributed by atoms with Crippen LogP contribution in [-0.4, -0.2) is 54.0 Å². The molecule has 8 nitrogen and oxygen atoms in total. The van der Waals surface area contributed by atoms with Crippen molar-refractivity contribution < 1.29 is 22.8 Å². The highest BCUT2D eigenvalue weighted by Crippen LogP contribution is 2.30. The van der Waals surface area contributed by atoms with Gasteiger partial charge in [0, 0.05) is 12.6 Å². The number of hydrogen-bond donors (Lipinski definition) is 1. The number of halogens is 2. The summed E-state index contributed by atoms with van der Waals surface area (Å²) in [6, 6.07) is 9.89. The van der Waals surface area contributed by atoms with Gasteiger partial charge in [-0.15, -0.1) is 0 Å². The largest absolute Gasteiger partial charge is 0.352 e. The first-order chi connectivity index (χ1) is 17.6. The van der Waals surface area contributed by atoms with Crippen molar-refractivity contribution in [1.29, 1.82) is 0 Å². The Hall–Kier alpha value is -2.62. The third kappa shape index (κ3) is 5.78. The first-order valence-electron chi connectivity index (χ1n) is 12.3. The van der Waals surface area contributed by atoms with Crippen molar-refractivity contribution in [3.8, 4) is 0 Å². The van der Waals surface area contributed by atoms with Crippen LogP contribution in [-0.2, 0) is 26.2 Å². The van der Waals surface area contributed by atoms with Crippen molar-refractivity contribution in [2.24, 2.45) is 0 Å². The van der Waals surface area contributed by atoms with E-state index in [-0.39, 0.29) is 29.0 Å². The Labute approximate surface area is 227 Å². The van der Waals surface area contributed by atoms with E-state index < -0.39 is 34.4 Å². The fourth-order valence-electron chi connectivity index (χ4n) is 4.90. The van der Waals surface area contributed by atoms with Gasteiger partial charge < -0.3 is 10.2 Å². The van der Waals surface area contributed by atoms with Crippen molar-refractivity contribution in [3.05, 3.63) is 63.6 Å². The summed E-state index contributed by atoms with van der Waals surface area (Å²) in [6.45, 7) is 1.06. The molecular formula is C26H29Cl2N3O5S. The van der Waals surface area contributed by atoms with Gasteiger partial charge in [-0.1, -0.05) is 67.6 Å². The molecule has 1 atom stereocenters. The number of fused-ring (bicyclic) bond motifs is 1. The number of amides is 3. The molecule has 2 aromatic carbocycles. The standard InChI is InChI=1S/C26H29Cl2N3O5S/c1-2-22(25(33)29-18-8-4-3-5-9-18)30(15-17-12-13-20(27)21(28)14-17)24(32)16-31-26(34)19-10-6-7-11-23(19)37(31,35)36/h6-7,10-14,18,22H,2-5,8-9,15-16H2,1H3,(H,29,33)/t22-/m1/s1. The minimum Gasteiger partial charge on any atom is -0.352 e. The second-order valence-corrected chi connectivity index (χ2v) is 12.0. The van der Waals surface area contributed by atoms with E-state index in [4.69, 9.17) is 23.2 Å². The molecule has 0 aromatic heterocycles. The molecule has 1 saturated carbocycles. The summed E-state index contributed by atoms with van der Waals surface area (Å²) in [6.07, 6.45) is 5.24. The average molecular weight is 567 g/mol. The molecule has 11 heteroatoms. The number of carbonyl (C=O) groups excluding carboxylic acids is 3. The molecule has 1 fully saturated rings. The van der Waals surface area contributed by atoms with Crippen LogP contribution < -0.4 is 5.32 Å². The third-order valence-electron chi connectivity index (χ3n) is 6.87. The predicted molar refractivity (Wildman–Crippen MR) is 141 cm³/mol. The quantitative estimate of drug-likeness (QED) is 0.511.